The fraction of sp³-hybridized carbons (Fsp3) is 0.222. The summed E-state index contributed by atoms with van der Waals surface area (Å²) < 4.78 is 16.9. The molecule has 0 aliphatic carbocycles. The third kappa shape index (κ3) is 5.14. The highest BCUT2D eigenvalue weighted by Gasteiger charge is 2.21. The minimum atomic E-state index is -1.33. The van der Waals surface area contributed by atoms with E-state index in [1.165, 1.54) is 19.2 Å². The van der Waals surface area contributed by atoms with Crippen molar-refractivity contribution in [1.82, 2.24) is 5.32 Å². The largest absolute Gasteiger partial charge is 0.449 e. The molecular weight excluding hydrogens is 362 g/mol. The van der Waals surface area contributed by atoms with Gasteiger partial charge in [0.2, 0.25) is 0 Å². The minimum Gasteiger partial charge on any atom is -0.449 e. The second-order valence-corrected chi connectivity index (χ2v) is 7.06. The molecule has 0 aromatic heterocycles. The van der Waals surface area contributed by atoms with E-state index in [2.05, 4.69) is 5.32 Å². The second-order valence-electron chi connectivity index (χ2n) is 5.31. The molecule has 0 heterocycles. The van der Waals surface area contributed by atoms with Crippen LogP contribution in [0.1, 0.15) is 22.8 Å². The number of carbonyl (C=O) groups is 2. The van der Waals surface area contributed by atoms with Crippen LogP contribution in [0.4, 0.5) is 0 Å². The number of ether oxygens (including phenoxy) is 1. The van der Waals surface area contributed by atoms with Gasteiger partial charge in [-0.05, 0) is 30.7 Å². The summed E-state index contributed by atoms with van der Waals surface area (Å²) in [6.07, 6.45) is 0.486. The van der Waals surface area contributed by atoms with Gasteiger partial charge in [0.25, 0.3) is 5.91 Å². The average molecular weight is 380 g/mol. The van der Waals surface area contributed by atoms with E-state index in [-0.39, 0.29) is 12.1 Å². The molecule has 0 bridgehead atoms. The predicted octanol–water partition coefficient (Wildman–Crippen LogP) is 2.94. The molecule has 0 aliphatic rings. The summed E-state index contributed by atoms with van der Waals surface area (Å²) in [6.45, 7) is 1.71. The minimum absolute atomic E-state index is 0.189. The highest BCUT2D eigenvalue weighted by atomic mass is 35.5. The topological polar surface area (TPSA) is 72.5 Å². The smallest absolute Gasteiger partial charge is 0.340 e. The Labute approximate surface area is 153 Å². The maximum Gasteiger partial charge on any atom is 0.340 e. The molecule has 0 radical (unpaired) electrons. The molecule has 2 aromatic rings. The average Bonchev–Trinajstić information content (AvgIpc) is 2.60. The first-order valence-electron chi connectivity index (χ1n) is 7.54. The number of esters is 1. The van der Waals surface area contributed by atoms with Crippen molar-refractivity contribution in [3.63, 3.8) is 0 Å². The predicted molar refractivity (Wildman–Crippen MR) is 97.0 cm³/mol. The fourth-order valence-electron chi connectivity index (χ4n) is 2.13. The van der Waals surface area contributed by atoms with Gasteiger partial charge in [-0.25, -0.2) is 4.79 Å². The van der Waals surface area contributed by atoms with Crippen LogP contribution in [0.3, 0.4) is 0 Å². The lowest BCUT2D eigenvalue weighted by Gasteiger charge is -2.15. The van der Waals surface area contributed by atoms with Gasteiger partial charge in [0.1, 0.15) is 0 Å². The summed E-state index contributed by atoms with van der Waals surface area (Å²) in [5.74, 6) is -1.13. The maximum absolute atomic E-state index is 12.3. The Balaban J connectivity index is 1.98. The summed E-state index contributed by atoms with van der Waals surface area (Å²) in [5, 5.41) is 3.22. The fourth-order valence-corrected chi connectivity index (χ4v) is 3.07. The molecule has 0 aliphatic heterocycles. The zero-order valence-electron chi connectivity index (χ0n) is 13.8. The van der Waals surface area contributed by atoms with Gasteiger partial charge in [-0.15, -0.1) is 0 Å². The van der Waals surface area contributed by atoms with Gasteiger partial charge in [0, 0.05) is 17.8 Å². The lowest BCUT2D eigenvalue weighted by molar-refractivity contribution is -0.129. The molecule has 2 atom stereocenters. The van der Waals surface area contributed by atoms with Crippen molar-refractivity contribution in [2.75, 3.05) is 6.26 Å². The van der Waals surface area contributed by atoms with Crippen molar-refractivity contribution >= 4 is 34.3 Å². The first-order valence-corrected chi connectivity index (χ1v) is 9.48. The van der Waals surface area contributed by atoms with Gasteiger partial charge in [0.05, 0.1) is 21.3 Å². The number of halogens is 1. The van der Waals surface area contributed by atoms with E-state index >= 15 is 0 Å². The van der Waals surface area contributed by atoms with Crippen LogP contribution in [0, 0.1) is 0 Å². The van der Waals surface area contributed by atoms with Crippen LogP contribution in [0.25, 0.3) is 0 Å². The normalized spacial score (nSPS) is 12.9. The first kappa shape index (κ1) is 19.1. The van der Waals surface area contributed by atoms with Gasteiger partial charge in [0.15, 0.2) is 6.10 Å². The third-order valence-electron chi connectivity index (χ3n) is 3.48. The van der Waals surface area contributed by atoms with Crippen molar-refractivity contribution in [2.24, 2.45) is 0 Å². The molecule has 0 fully saturated rings. The zero-order chi connectivity index (χ0) is 18.4. The Kier molecular flexibility index (Phi) is 6.73. The highest BCUT2D eigenvalue weighted by molar-refractivity contribution is 7.84. The Morgan fingerprint density at radius 1 is 1.16 bits per heavy atom. The molecule has 5 nitrogen and oxygen atoms in total. The summed E-state index contributed by atoms with van der Waals surface area (Å²) in [5.41, 5.74) is 0.955. The van der Waals surface area contributed by atoms with E-state index in [0.29, 0.717) is 9.92 Å². The monoisotopic (exact) mass is 379 g/mol. The van der Waals surface area contributed by atoms with E-state index in [4.69, 9.17) is 16.3 Å². The number of amides is 1. The molecule has 1 N–H and O–H groups in total. The van der Waals surface area contributed by atoms with Crippen LogP contribution in [0.2, 0.25) is 5.02 Å². The van der Waals surface area contributed by atoms with Gasteiger partial charge in [-0.2, -0.15) is 0 Å². The van der Waals surface area contributed by atoms with E-state index in [1.54, 1.807) is 36.4 Å². The standard InChI is InChI=1S/C18H18ClNO4S/c1-12(17(21)20-11-13-7-3-5-9-15(13)19)24-18(22)14-8-4-6-10-16(14)25(2)23/h3-10,12H,11H2,1-2H3,(H,20,21)/t12-,25-/m1/s1. The second kappa shape index (κ2) is 8.78. The van der Waals surface area contributed by atoms with Crippen molar-refractivity contribution < 1.29 is 18.5 Å². The van der Waals surface area contributed by atoms with Crippen molar-refractivity contribution in [3.8, 4) is 0 Å². The number of carbonyl (C=O) groups excluding carboxylic acids is 2. The van der Waals surface area contributed by atoms with Gasteiger partial charge in [-0.3, -0.25) is 9.00 Å². The van der Waals surface area contributed by atoms with Gasteiger partial charge < -0.3 is 10.1 Å². The number of hydrogen-bond donors (Lipinski definition) is 1. The van der Waals surface area contributed by atoms with Crippen molar-refractivity contribution in [3.05, 3.63) is 64.7 Å². The summed E-state index contributed by atoms with van der Waals surface area (Å²) >= 11 is 6.03. The Bertz CT molecular complexity index is 809. The molecule has 132 valence electrons. The van der Waals surface area contributed by atoms with Crippen LogP contribution >= 0.6 is 11.6 Å². The Morgan fingerprint density at radius 2 is 1.80 bits per heavy atom. The molecule has 0 saturated carbocycles. The van der Waals surface area contributed by atoms with E-state index < -0.39 is 28.8 Å². The highest BCUT2D eigenvalue weighted by Crippen LogP contribution is 2.16. The SMILES string of the molecule is C[C@@H](OC(=O)c1ccccc1[S@@](C)=O)C(=O)NCc1ccccc1Cl. The molecule has 0 saturated heterocycles. The van der Waals surface area contributed by atoms with Gasteiger partial charge >= 0.3 is 5.97 Å². The van der Waals surface area contributed by atoms with Crippen LogP contribution in [0.5, 0.6) is 0 Å². The van der Waals surface area contributed by atoms with Crippen LogP contribution in [0.15, 0.2) is 53.4 Å². The lowest BCUT2D eigenvalue weighted by atomic mass is 10.2. The lowest BCUT2D eigenvalue weighted by Crippen LogP contribution is -2.35. The van der Waals surface area contributed by atoms with Crippen molar-refractivity contribution in [1.29, 1.82) is 0 Å². The summed E-state index contributed by atoms with van der Waals surface area (Å²) in [7, 11) is -1.33. The number of benzene rings is 2. The molecule has 7 heteroatoms. The third-order valence-corrected chi connectivity index (χ3v) is 4.82. The Hall–Kier alpha value is -2.18. The number of rotatable bonds is 6. The first-order chi connectivity index (χ1) is 11.9. The summed E-state index contributed by atoms with van der Waals surface area (Å²) in [4.78, 5) is 24.7. The molecule has 25 heavy (non-hydrogen) atoms. The maximum atomic E-state index is 12.3. The molecule has 1 amide bonds. The van der Waals surface area contributed by atoms with Crippen LogP contribution in [-0.2, 0) is 26.9 Å². The molecule has 2 aromatic carbocycles. The molecule has 0 spiro atoms. The molecule has 2 rings (SSSR count). The van der Waals surface area contributed by atoms with E-state index in [0.717, 1.165) is 5.56 Å². The molecular formula is C18H18ClNO4S. The van der Waals surface area contributed by atoms with Crippen LogP contribution in [-0.4, -0.2) is 28.4 Å². The van der Waals surface area contributed by atoms with Gasteiger partial charge in [-0.1, -0.05) is 41.9 Å². The Morgan fingerprint density at radius 3 is 2.48 bits per heavy atom. The van der Waals surface area contributed by atoms with E-state index in [9.17, 15) is 13.8 Å². The van der Waals surface area contributed by atoms with Crippen molar-refractivity contribution in [2.45, 2.75) is 24.5 Å². The van der Waals surface area contributed by atoms with E-state index in [1.807, 2.05) is 6.07 Å². The number of hydrogen-bond acceptors (Lipinski definition) is 4. The quantitative estimate of drug-likeness (QED) is 0.783. The summed E-state index contributed by atoms with van der Waals surface area (Å²) in [6, 6.07) is 13.6. The molecule has 0 unspecified atom stereocenters. The number of nitrogens with one attached hydrogen (secondary N) is 1. The zero-order valence-corrected chi connectivity index (χ0v) is 15.4. The van der Waals surface area contributed by atoms with Crippen LogP contribution < -0.4 is 5.32 Å².